The normalized spacial score (nSPS) is 19.3. The van der Waals surface area contributed by atoms with Crippen LogP contribution in [0.3, 0.4) is 0 Å². The molecule has 1 aliphatic carbocycles. The van der Waals surface area contributed by atoms with Crippen LogP contribution in [0.15, 0.2) is 18.2 Å². The maximum Gasteiger partial charge on any atom is 0.193 e. The van der Waals surface area contributed by atoms with Gasteiger partial charge in [-0.15, -0.1) is 0 Å². The Morgan fingerprint density at radius 2 is 1.67 bits per heavy atom. The molecule has 1 aliphatic rings. The van der Waals surface area contributed by atoms with Crippen LogP contribution < -0.4 is 0 Å². The van der Waals surface area contributed by atoms with Crippen LogP contribution in [0.2, 0.25) is 0 Å². The highest BCUT2D eigenvalue weighted by molar-refractivity contribution is 5.74. The van der Waals surface area contributed by atoms with Gasteiger partial charge >= 0.3 is 0 Å². The molecule has 0 saturated heterocycles. The zero-order valence-electron chi connectivity index (χ0n) is 11.6. The molecule has 0 heterocycles. The van der Waals surface area contributed by atoms with Gasteiger partial charge in [0.25, 0.3) is 0 Å². The largest absolute Gasteiger partial charge is 0.289 e. The Morgan fingerprint density at radius 1 is 1.06 bits per heavy atom. The third-order valence-electron chi connectivity index (χ3n) is 4.13. The zero-order chi connectivity index (χ0) is 13.4. The maximum atomic E-state index is 10.3. The Bertz CT molecular complexity index is 538. The number of hydrogen-bond acceptors (Lipinski definition) is 1. The highest BCUT2D eigenvalue weighted by Gasteiger charge is 2.36. The molecule has 1 aromatic rings. The summed E-state index contributed by atoms with van der Waals surface area (Å²) in [7, 11) is 0. The molecule has 0 radical (unpaired) electrons. The molecule has 0 bridgehead atoms. The SMILES string of the molecule is CC1(C)CCC(C)(C)c2cc(C#CC=O)ccc21. The molecular formula is C17H20O. The number of rotatable bonds is 0. The van der Waals surface area contributed by atoms with Gasteiger partial charge in [0.15, 0.2) is 6.29 Å². The van der Waals surface area contributed by atoms with Crippen molar-refractivity contribution in [2.75, 3.05) is 0 Å². The number of carbonyl (C=O) groups excluding carboxylic acids is 1. The van der Waals surface area contributed by atoms with Crippen molar-refractivity contribution in [3.05, 3.63) is 34.9 Å². The van der Waals surface area contributed by atoms with E-state index in [0.29, 0.717) is 6.29 Å². The van der Waals surface area contributed by atoms with Crippen molar-refractivity contribution in [1.82, 2.24) is 0 Å². The highest BCUT2D eigenvalue weighted by atomic mass is 16.1. The minimum Gasteiger partial charge on any atom is -0.289 e. The van der Waals surface area contributed by atoms with E-state index >= 15 is 0 Å². The lowest BCUT2D eigenvalue weighted by Crippen LogP contribution is -2.33. The van der Waals surface area contributed by atoms with Gasteiger partial charge in [-0.05, 0) is 52.9 Å². The van der Waals surface area contributed by atoms with Gasteiger partial charge in [0.2, 0.25) is 0 Å². The van der Waals surface area contributed by atoms with Crippen molar-refractivity contribution in [3.8, 4) is 11.8 Å². The smallest absolute Gasteiger partial charge is 0.193 e. The number of carbonyl (C=O) groups is 1. The van der Waals surface area contributed by atoms with Crippen LogP contribution in [0.25, 0.3) is 0 Å². The van der Waals surface area contributed by atoms with Gasteiger partial charge in [-0.25, -0.2) is 0 Å². The Hall–Kier alpha value is -1.55. The van der Waals surface area contributed by atoms with Gasteiger partial charge in [0.05, 0.1) is 0 Å². The lowest BCUT2D eigenvalue weighted by Gasteiger charge is -2.41. The molecule has 0 aromatic heterocycles. The molecule has 0 fully saturated rings. The van der Waals surface area contributed by atoms with Crippen LogP contribution >= 0.6 is 0 Å². The van der Waals surface area contributed by atoms with Crippen molar-refractivity contribution in [1.29, 1.82) is 0 Å². The number of hydrogen-bond donors (Lipinski definition) is 0. The third kappa shape index (κ3) is 2.20. The fourth-order valence-corrected chi connectivity index (χ4v) is 2.78. The lowest BCUT2D eigenvalue weighted by molar-refractivity contribution is -0.103. The van der Waals surface area contributed by atoms with Crippen LogP contribution in [-0.2, 0) is 15.6 Å². The van der Waals surface area contributed by atoms with Crippen molar-refractivity contribution in [3.63, 3.8) is 0 Å². The van der Waals surface area contributed by atoms with Gasteiger partial charge in [-0.1, -0.05) is 39.7 Å². The van der Waals surface area contributed by atoms with Crippen molar-refractivity contribution >= 4 is 6.29 Å². The summed E-state index contributed by atoms with van der Waals surface area (Å²) in [5, 5.41) is 0. The van der Waals surface area contributed by atoms with E-state index in [1.165, 1.54) is 24.0 Å². The molecule has 2 rings (SSSR count). The maximum absolute atomic E-state index is 10.3. The fraction of sp³-hybridized carbons (Fsp3) is 0.471. The summed E-state index contributed by atoms with van der Waals surface area (Å²) in [6.07, 6.45) is 3.05. The Morgan fingerprint density at radius 3 is 2.28 bits per heavy atom. The van der Waals surface area contributed by atoms with Gasteiger partial charge in [0.1, 0.15) is 0 Å². The molecule has 0 atom stereocenters. The lowest BCUT2D eigenvalue weighted by atomic mass is 9.63. The first-order chi connectivity index (χ1) is 8.37. The van der Waals surface area contributed by atoms with Crippen molar-refractivity contribution in [2.24, 2.45) is 0 Å². The van der Waals surface area contributed by atoms with Gasteiger partial charge in [-0.2, -0.15) is 0 Å². The van der Waals surface area contributed by atoms with E-state index in [1.54, 1.807) is 0 Å². The monoisotopic (exact) mass is 240 g/mol. The van der Waals surface area contributed by atoms with Crippen molar-refractivity contribution in [2.45, 2.75) is 51.4 Å². The molecule has 0 N–H and O–H groups in total. The molecule has 1 nitrogen and oxygen atoms in total. The molecule has 94 valence electrons. The minimum atomic E-state index is 0.198. The predicted molar refractivity (Wildman–Crippen MR) is 74.7 cm³/mol. The third-order valence-corrected chi connectivity index (χ3v) is 4.13. The quantitative estimate of drug-likeness (QED) is 0.500. The summed E-state index contributed by atoms with van der Waals surface area (Å²) in [6.45, 7) is 9.19. The van der Waals surface area contributed by atoms with E-state index < -0.39 is 0 Å². The summed E-state index contributed by atoms with van der Waals surface area (Å²) >= 11 is 0. The summed E-state index contributed by atoms with van der Waals surface area (Å²) in [5.41, 5.74) is 4.18. The van der Waals surface area contributed by atoms with E-state index in [0.717, 1.165) is 5.56 Å². The average Bonchev–Trinajstić information content (AvgIpc) is 2.32. The van der Waals surface area contributed by atoms with Gasteiger partial charge in [0, 0.05) is 5.56 Å². The van der Waals surface area contributed by atoms with E-state index in [-0.39, 0.29) is 10.8 Å². The Labute approximate surface area is 110 Å². The molecule has 0 spiro atoms. The zero-order valence-corrected chi connectivity index (χ0v) is 11.6. The van der Waals surface area contributed by atoms with Crippen LogP contribution in [0, 0.1) is 11.8 Å². The second kappa shape index (κ2) is 4.28. The fourth-order valence-electron chi connectivity index (χ4n) is 2.78. The van der Waals surface area contributed by atoms with E-state index in [2.05, 4.69) is 51.7 Å². The Balaban J connectivity index is 2.58. The molecular weight excluding hydrogens is 220 g/mol. The summed E-state index contributed by atoms with van der Waals surface area (Å²) in [6, 6.07) is 6.37. The summed E-state index contributed by atoms with van der Waals surface area (Å²) in [4.78, 5) is 10.3. The topological polar surface area (TPSA) is 17.1 Å². The summed E-state index contributed by atoms with van der Waals surface area (Å²) in [5.74, 6) is 5.38. The summed E-state index contributed by atoms with van der Waals surface area (Å²) < 4.78 is 0. The molecule has 0 aliphatic heterocycles. The first-order valence-corrected chi connectivity index (χ1v) is 6.47. The van der Waals surface area contributed by atoms with Crippen LogP contribution in [-0.4, -0.2) is 6.29 Å². The average molecular weight is 240 g/mol. The first kappa shape index (κ1) is 12.9. The molecule has 0 unspecified atom stereocenters. The molecule has 0 amide bonds. The molecule has 18 heavy (non-hydrogen) atoms. The van der Waals surface area contributed by atoms with Gasteiger partial charge < -0.3 is 0 Å². The Kier molecular flexibility index (Phi) is 3.07. The van der Waals surface area contributed by atoms with E-state index in [4.69, 9.17) is 0 Å². The number of fused-ring (bicyclic) bond motifs is 1. The first-order valence-electron chi connectivity index (χ1n) is 6.47. The van der Waals surface area contributed by atoms with Gasteiger partial charge in [-0.3, -0.25) is 4.79 Å². The van der Waals surface area contributed by atoms with E-state index in [1.807, 2.05) is 6.07 Å². The second-order valence-electron chi connectivity index (χ2n) is 6.42. The molecule has 1 heteroatoms. The highest BCUT2D eigenvalue weighted by Crippen LogP contribution is 2.45. The molecule has 0 saturated carbocycles. The number of benzene rings is 1. The predicted octanol–water partition coefficient (Wildman–Crippen LogP) is 3.59. The van der Waals surface area contributed by atoms with Crippen molar-refractivity contribution < 1.29 is 4.79 Å². The number of aldehydes is 1. The van der Waals surface area contributed by atoms with Crippen LogP contribution in [0.1, 0.15) is 57.2 Å². The van der Waals surface area contributed by atoms with E-state index in [9.17, 15) is 4.79 Å². The molecule has 1 aromatic carbocycles. The van der Waals surface area contributed by atoms with Crippen LogP contribution in [0.4, 0.5) is 0 Å². The minimum absolute atomic E-state index is 0.198. The second-order valence-corrected chi connectivity index (χ2v) is 6.42. The standard InChI is InChI=1S/C17H20O/c1-16(2)9-10-17(3,4)15-12-13(6-5-11-18)7-8-14(15)16/h7-8,11-12H,9-10H2,1-4H3. The van der Waals surface area contributed by atoms with Crippen LogP contribution in [0.5, 0.6) is 0 Å².